The Morgan fingerprint density at radius 2 is 2.13 bits per heavy atom. The highest BCUT2D eigenvalue weighted by molar-refractivity contribution is 7.84. The molecule has 0 saturated carbocycles. The van der Waals surface area contributed by atoms with E-state index in [0.29, 0.717) is 12.2 Å². The fourth-order valence-electron chi connectivity index (χ4n) is 3.40. The van der Waals surface area contributed by atoms with Crippen molar-refractivity contribution in [1.82, 2.24) is 15.2 Å². The number of nitrogens with one attached hydrogen (secondary N) is 1. The molecule has 8 heteroatoms. The molecule has 0 aliphatic carbocycles. The van der Waals surface area contributed by atoms with Gasteiger partial charge in [-0.25, -0.2) is 0 Å². The molecule has 3 rings (SSSR count). The highest BCUT2D eigenvalue weighted by Crippen LogP contribution is 2.13. The summed E-state index contributed by atoms with van der Waals surface area (Å²) in [5.74, 6) is 0.333. The average Bonchev–Trinajstić information content (AvgIpc) is 3.24. The zero-order valence-electron chi connectivity index (χ0n) is 17.1. The molecule has 1 amide bonds. The Kier molecular flexibility index (Phi) is 8.65. The van der Waals surface area contributed by atoms with Crippen molar-refractivity contribution in [3.63, 3.8) is 0 Å². The highest BCUT2D eigenvalue weighted by Gasteiger charge is 2.12. The molecule has 1 fully saturated rings. The average molecular weight is 432 g/mol. The van der Waals surface area contributed by atoms with Gasteiger partial charge in [0.1, 0.15) is 17.3 Å². The molecule has 1 unspecified atom stereocenters. The maximum atomic E-state index is 12.0. The van der Waals surface area contributed by atoms with Gasteiger partial charge in [0.05, 0.1) is 18.6 Å². The maximum Gasteiger partial charge on any atom is 0.233 e. The predicted octanol–water partition coefficient (Wildman–Crippen LogP) is 2.71. The molecule has 1 atom stereocenters. The van der Waals surface area contributed by atoms with Crippen molar-refractivity contribution >= 4 is 16.7 Å². The van der Waals surface area contributed by atoms with Crippen LogP contribution in [0.15, 0.2) is 53.0 Å². The summed E-state index contributed by atoms with van der Waals surface area (Å²) in [5.41, 5.74) is 2.10. The fraction of sp³-hybridized carbons (Fsp3) is 0.455. The summed E-state index contributed by atoms with van der Waals surface area (Å²) in [5, 5.41) is 12.6. The van der Waals surface area contributed by atoms with Crippen molar-refractivity contribution in [3.05, 3.63) is 65.6 Å². The number of amides is 1. The first-order valence-corrected chi connectivity index (χ1v) is 11.8. The second-order valence-electron chi connectivity index (χ2n) is 7.48. The third kappa shape index (κ3) is 7.76. The smallest absolute Gasteiger partial charge is 0.233 e. The number of likely N-dealkylation sites (tertiary alicyclic amines) is 1. The van der Waals surface area contributed by atoms with Crippen molar-refractivity contribution in [1.29, 1.82) is 0 Å². The third-order valence-corrected chi connectivity index (χ3v) is 6.12. The standard InChI is InChI=1S/C22H29N3O4S/c26-20(14-24-22(27)17-30(28)16-21-5-4-12-29-21)7-6-19-13-18(8-9-23-19)15-25-10-2-1-3-11-25/h4-5,7-9,12-13,26H,1-3,6,10-11,14-17H2,(H,24,27). The van der Waals surface area contributed by atoms with Crippen LogP contribution in [0.5, 0.6) is 0 Å². The first kappa shape index (κ1) is 22.2. The van der Waals surface area contributed by atoms with Crippen LogP contribution in [-0.2, 0) is 34.3 Å². The topological polar surface area (TPSA) is 95.7 Å². The number of furan rings is 1. The molecular weight excluding hydrogens is 402 g/mol. The van der Waals surface area contributed by atoms with Crippen LogP contribution in [0.1, 0.15) is 36.3 Å². The van der Waals surface area contributed by atoms with Gasteiger partial charge in [-0.1, -0.05) is 6.42 Å². The SMILES string of the molecule is O=C(CS(=O)Cc1ccco1)NCC(O)=CCc1cc(CN2CCCCC2)ccn1. The van der Waals surface area contributed by atoms with Crippen LogP contribution in [0.4, 0.5) is 0 Å². The van der Waals surface area contributed by atoms with E-state index >= 15 is 0 Å². The highest BCUT2D eigenvalue weighted by atomic mass is 32.2. The zero-order chi connectivity index (χ0) is 21.2. The second kappa shape index (κ2) is 11.7. The first-order chi connectivity index (χ1) is 14.6. The number of hydrogen-bond acceptors (Lipinski definition) is 6. The molecule has 0 spiro atoms. The van der Waals surface area contributed by atoms with Crippen molar-refractivity contribution in [3.8, 4) is 0 Å². The first-order valence-electron chi connectivity index (χ1n) is 10.3. The lowest BCUT2D eigenvalue weighted by Gasteiger charge is -2.26. The minimum Gasteiger partial charge on any atom is -0.511 e. The van der Waals surface area contributed by atoms with E-state index in [4.69, 9.17) is 4.42 Å². The fourth-order valence-corrected chi connectivity index (χ4v) is 4.38. The van der Waals surface area contributed by atoms with Gasteiger partial charge in [-0.05, 0) is 61.8 Å². The summed E-state index contributed by atoms with van der Waals surface area (Å²) >= 11 is 0. The normalized spacial score (nSPS) is 16.3. The Morgan fingerprint density at radius 3 is 2.90 bits per heavy atom. The summed E-state index contributed by atoms with van der Waals surface area (Å²) in [6.07, 6.45) is 9.28. The Balaban J connectivity index is 1.40. The number of aliphatic hydroxyl groups excluding tert-OH is 1. The third-order valence-electron chi connectivity index (χ3n) is 4.92. The molecule has 0 aromatic carbocycles. The lowest BCUT2D eigenvalue weighted by Crippen LogP contribution is -2.30. The van der Waals surface area contributed by atoms with E-state index in [-0.39, 0.29) is 29.7 Å². The van der Waals surface area contributed by atoms with E-state index in [1.54, 1.807) is 24.4 Å². The number of aliphatic hydroxyl groups is 1. The molecule has 1 aliphatic heterocycles. The van der Waals surface area contributed by atoms with Crippen molar-refractivity contribution in [2.24, 2.45) is 0 Å². The van der Waals surface area contributed by atoms with Crippen LogP contribution in [-0.4, -0.2) is 50.5 Å². The van der Waals surface area contributed by atoms with Crippen LogP contribution in [0, 0.1) is 0 Å². The number of piperidine rings is 1. The van der Waals surface area contributed by atoms with Crippen LogP contribution >= 0.6 is 0 Å². The molecule has 162 valence electrons. The van der Waals surface area contributed by atoms with Gasteiger partial charge in [-0.2, -0.15) is 0 Å². The van der Waals surface area contributed by atoms with Gasteiger partial charge in [-0.3, -0.25) is 18.9 Å². The summed E-state index contributed by atoms with van der Waals surface area (Å²) in [4.78, 5) is 18.7. The van der Waals surface area contributed by atoms with Crippen molar-refractivity contribution in [2.45, 2.75) is 38.0 Å². The van der Waals surface area contributed by atoms with E-state index in [2.05, 4.69) is 21.3 Å². The number of aromatic nitrogens is 1. The van der Waals surface area contributed by atoms with E-state index in [1.165, 1.54) is 31.1 Å². The number of pyridine rings is 1. The zero-order valence-corrected chi connectivity index (χ0v) is 17.9. The summed E-state index contributed by atoms with van der Waals surface area (Å²) in [7, 11) is -1.35. The summed E-state index contributed by atoms with van der Waals surface area (Å²) in [6.45, 7) is 3.22. The number of rotatable bonds is 10. The molecule has 1 saturated heterocycles. The molecule has 2 N–H and O–H groups in total. The van der Waals surface area contributed by atoms with Gasteiger partial charge in [-0.15, -0.1) is 0 Å². The number of nitrogens with zero attached hydrogens (tertiary/aromatic N) is 2. The lowest BCUT2D eigenvalue weighted by molar-refractivity contribution is -0.118. The van der Waals surface area contributed by atoms with Crippen LogP contribution in [0.2, 0.25) is 0 Å². The molecule has 7 nitrogen and oxygen atoms in total. The largest absolute Gasteiger partial charge is 0.511 e. The van der Waals surface area contributed by atoms with Gasteiger partial charge in [0.2, 0.25) is 5.91 Å². The molecule has 3 heterocycles. The van der Waals surface area contributed by atoms with E-state index in [0.717, 1.165) is 25.3 Å². The van der Waals surface area contributed by atoms with Crippen LogP contribution < -0.4 is 5.32 Å². The minimum atomic E-state index is -1.35. The Morgan fingerprint density at radius 1 is 1.30 bits per heavy atom. The predicted molar refractivity (Wildman–Crippen MR) is 116 cm³/mol. The quantitative estimate of drug-likeness (QED) is 0.562. The number of allylic oxidation sites excluding steroid dienone is 1. The molecular formula is C22H29N3O4S. The monoisotopic (exact) mass is 431 g/mol. The maximum absolute atomic E-state index is 12.0. The van der Waals surface area contributed by atoms with Crippen LogP contribution in [0.25, 0.3) is 0 Å². The van der Waals surface area contributed by atoms with Gasteiger partial charge in [0.25, 0.3) is 0 Å². The minimum absolute atomic E-state index is 0.00422. The second-order valence-corrected chi connectivity index (χ2v) is 8.93. The van der Waals surface area contributed by atoms with E-state index in [9.17, 15) is 14.1 Å². The van der Waals surface area contributed by atoms with E-state index in [1.807, 2.05) is 6.07 Å². The Bertz CT molecular complexity index is 861. The van der Waals surface area contributed by atoms with Gasteiger partial charge in [0.15, 0.2) is 0 Å². The Labute approximate surface area is 179 Å². The molecule has 1 aliphatic rings. The van der Waals surface area contributed by atoms with Crippen LogP contribution in [0.3, 0.4) is 0 Å². The van der Waals surface area contributed by atoms with E-state index < -0.39 is 10.8 Å². The Hall–Kier alpha value is -2.45. The van der Waals surface area contributed by atoms with Gasteiger partial charge in [0, 0.05) is 35.7 Å². The molecule has 30 heavy (non-hydrogen) atoms. The summed E-state index contributed by atoms with van der Waals surface area (Å²) in [6, 6.07) is 7.53. The molecule has 0 radical (unpaired) electrons. The van der Waals surface area contributed by atoms with Crippen molar-refractivity contribution < 1.29 is 18.5 Å². The number of hydrogen-bond donors (Lipinski definition) is 2. The molecule has 2 aromatic rings. The molecule has 2 aromatic heterocycles. The van der Waals surface area contributed by atoms with Gasteiger partial charge >= 0.3 is 0 Å². The number of carbonyl (C=O) groups excluding carboxylic acids is 1. The lowest BCUT2D eigenvalue weighted by atomic mass is 10.1. The van der Waals surface area contributed by atoms with Gasteiger partial charge < -0.3 is 14.8 Å². The summed E-state index contributed by atoms with van der Waals surface area (Å²) < 4.78 is 17.1. The molecule has 0 bridgehead atoms. The van der Waals surface area contributed by atoms with Crippen molar-refractivity contribution in [2.75, 3.05) is 25.4 Å². The number of carbonyl (C=O) groups is 1.